The molecule has 0 fully saturated rings. The maximum absolute atomic E-state index is 6.06. The summed E-state index contributed by atoms with van der Waals surface area (Å²) in [6.45, 7) is 0. The summed E-state index contributed by atoms with van der Waals surface area (Å²) in [7, 11) is 0. The third-order valence-corrected chi connectivity index (χ3v) is 7.31. The maximum atomic E-state index is 6.06. The number of nitrogens with zero attached hydrogens (tertiary/aromatic N) is 2. The standard InChI is InChI=1S/C36H27N3/c37-28-17-21-31(22-18-28)38(30-19-15-27(16-20-30)26-9-3-1-4-10-26)32-23-24-36-34(25-32)33-13-7-8-14-35(33)39(36)29-11-5-2-6-12-29/h1-25H,37H2. The van der Waals surface area contributed by atoms with Crippen LogP contribution in [0.1, 0.15) is 0 Å². The first-order valence-corrected chi connectivity index (χ1v) is 13.2. The van der Waals surface area contributed by atoms with E-state index in [1.54, 1.807) is 0 Å². The van der Waals surface area contributed by atoms with E-state index in [2.05, 4.69) is 143 Å². The summed E-state index contributed by atoms with van der Waals surface area (Å²) >= 11 is 0. The zero-order valence-corrected chi connectivity index (χ0v) is 21.4. The van der Waals surface area contributed by atoms with Gasteiger partial charge >= 0.3 is 0 Å². The SMILES string of the molecule is Nc1ccc(N(c2ccc(-c3ccccc3)cc2)c2ccc3c(c2)c2ccccc2n3-c2ccccc2)cc1. The molecule has 0 saturated heterocycles. The van der Waals surface area contributed by atoms with E-state index >= 15 is 0 Å². The molecular weight excluding hydrogens is 474 g/mol. The first kappa shape index (κ1) is 22.9. The number of rotatable bonds is 5. The highest BCUT2D eigenvalue weighted by Crippen LogP contribution is 2.40. The summed E-state index contributed by atoms with van der Waals surface area (Å²) < 4.78 is 2.34. The Kier molecular flexibility index (Phi) is 5.60. The predicted molar refractivity (Wildman–Crippen MR) is 165 cm³/mol. The number of hydrogen-bond donors (Lipinski definition) is 1. The van der Waals surface area contributed by atoms with E-state index in [4.69, 9.17) is 5.73 Å². The Balaban J connectivity index is 1.41. The third kappa shape index (κ3) is 4.11. The molecule has 0 amide bonds. The molecule has 39 heavy (non-hydrogen) atoms. The Labute approximate surface area is 228 Å². The lowest BCUT2D eigenvalue weighted by molar-refractivity contribution is 1.18. The molecule has 3 nitrogen and oxygen atoms in total. The van der Waals surface area contributed by atoms with Gasteiger partial charge in [0, 0.05) is 39.2 Å². The van der Waals surface area contributed by atoms with E-state index in [9.17, 15) is 0 Å². The molecule has 0 atom stereocenters. The Morgan fingerprint density at radius 1 is 0.436 bits per heavy atom. The fourth-order valence-corrected chi connectivity index (χ4v) is 5.46. The monoisotopic (exact) mass is 501 g/mol. The average Bonchev–Trinajstić information content (AvgIpc) is 3.33. The Morgan fingerprint density at radius 3 is 1.69 bits per heavy atom. The van der Waals surface area contributed by atoms with Crippen molar-refractivity contribution in [3.8, 4) is 16.8 Å². The number of nitrogen functional groups attached to an aromatic ring is 1. The smallest absolute Gasteiger partial charge is 0.0542 e. The van der Waals surface area contributed by atoms with Crippen molar-refractivity contribution in [1.82, 2.24) is 4.57 Å². The van der Waals surface area contributed by atoms with Gasteiger partial charge in [0.2, 0.25) is 0 Å². The lowest BCUT2D eigenvalue weighted by Crippen LogP contribution is -2.10. The number of para-hydroxylation sites is 2. The van der Waals surface area contributed by atoms with Crippen molar-refractivity contribution in [1.29, 1.82) is 0 Å². The molecule has 3 heteroatoms. The van der Waals surface area contributed by atoms with E-state index < -0.39 is 0 Å². The molecule has 2 N–H and O–H groups in total. The second-order valence-electron chi connectivity index (χ2n) is 9.73. The number of nitrogens with two attached hydrogens (primary N) is 1. The topological polar surface area (TPSA) is 34.2 Å². The number of anilines is 4. The highest BCUT2D eigenvalue weighted by Gasteiger charge is 2.17. The fourth-order valence-electron chi connectivity index (χ4n) is 5.46. The van der Waals surface area contributed by atoms with E-state index in [0.29, 0.717) is 0 Å². The number of benzene rings is 6. The van der Waals surface area contributed by atoms with E-state index in [-0.39, 0.29) is 0 Å². The summed E-state index contributed by atoms with van der Waals surface area (Å²) in [6, 6.07) is 53.3. The Hall–Kier alpha value is -5.28. The highest BCUT2D eigenvalue weighted by atomic mass is 15.1. The van der Waals surface area contributed by atoms with Crippen molar-refractivity contribution in [3.05, 3.63) is 152 Å². The largest absolute Gasteiger partial charge is 0.399 e. The van der Waals surface area contributed by atoms with E-state index in [1.807, 2.05) is 18.2 Å². The van der Waals surface area contributed by atoms with Gasteiger partial charge in [0.15, 0.2) is 0 Å². The number of aromatic nitrogens is 1. The molecule has 1 aromatic heterocycles. The lowest BCUT2D eigenvalue weighted by Gasteiger charge is -2.26. The summed E-state index contributed by atoms with van der Waals surface area (Å²) in [5.41, 5.74) is 16.0. The summed E-state index contributed by atoms with van der Waals surface area (Å²) in [5.74, 6) is 0. The van der Waals surface area contributed by atoms with Gasteiger partial charge in [0.1, 0.15) is 0 Å². The minimum atomic E-state index is 0.750. The van der Waals surface area contributed by atoms with Crippen LogP contribution in [-0.4, -0.2) is 4.57 Å². The molecule has 0 spiro atoms. The predicted octanol–water partition coefficient (Wildman–Crippen LogP) is 9.50. The van der Waals surface area contributed by atoms with Crippen LogP contribution in [0.25, 0.3) is 38.6 Å². The van der Waals surface area contributed by atoms with Crippen LogP contribution in [0.15, 0.2) is 152 Å². The molecule has 0 bridgehead atoms. The van der Waals surface area contributed by atoms with Crippen LogP contribution in [0, 0.1) is 0 Å². The molecule has 7 rings (SSSR count). The minimum absolute atomic E-state index is 0.750. The molecule has 0 aliphatic heterocycles. The van der Waals surface area contributed by atoms with Gasteiger partial charge < -0.3 is 15.2 Å². The van der Waals surface area contributed by atoms with Gasteiger partial charge in [-0.2, -0.15) is 0 Å². The first-order valence-electron chi connectivity index (χ1n) is 13.2. The van der Waals surface area contributed by atoms with Gasteiger partial charge in [-0.3, -0.25) is 0 Å². The van der Waals surface area contributed by atoms with Crippen molar-refractivity contribution in [2.75, 3.05) is 10.6 Å². The van der Waals surface area contributed by atoms with E-state index in [0.717, 1.165) is 28.4 Å². The summed E-state index contributed by atoms with van der Waals surface area (Å²) in [6.07, 6.45) is 0. The van der Waals surface area contributed by atoms with Gasteiger partial charge in [0.25, 0.3) is 0 Å². The molecular formula is C36H27N3. The number of fused-ring (bicyclic) bond motifs is 3. The average molecular weight is 502 g/mol. The summed E-state index contributed by atoms with van der Waals surface area (Å²) in [5, 5.41) is 2.45. The number of hydrogen-bond acceptors (Lipinski definition) is 2. The molecule has 186 valence electrons. The van der Waals surface area contributed by atoms with Crippen molar-refractivity contribution in [2.45, 2.75) is 0 Å². The molecule has 0 unspecified atom stereocenters. The second kappa shape index (κ2) is 9.55. The zero-order valence-electron chi connectivity index (χ0n) is 21.4. The van der Waals surface area contributed by atoms with Crippen LogP contribution in [-0.2, 0) is 0 Å². The van der Waals surface area contributed by atoms with Crippen LogP contribution in [0.2, 0.25) is 0 Å². The van der Waals surface area contributed by atoms with Crippen LogP contribution in [0.3, 0.4) is 0 Å². The van der Waals surface area contributed by atoms with Crippen molar-refractivity contribution in [3.63, 3.8) is 0 Å². The molecule has 0 saturated carbocycles. The van der Waals surface area contributed by atoms with Crippen molar-refractivity contribution >= 4 is 44.6 Å². The lowest BCUT2D eigenvalue weighted by atomic mass is 10.0. The molecule has 7 aromatic rings. The van der Waals surface area contributed by atoms with Gasteiger partial charge in [-0.15, -0.1) is 0 Å². The van der Waals surface area contributed by atoms with Crippen LogP contribution in [0.4, 0.5) is 22.7 Å². The Morgan fingerprint density at radius 2 is 0.974 bits per heavy atom. The van der Waals surface area contributed by atoms with Crippen molar-refractivity contribution in [2.24, 2.45) is 0 Å². The highest BCUT2D eigenvalue weighted by molar-refractivity contribution is 6.10. The molecule has 1 heterocycles. The van der Waals surface area contributed by atoms with Crippen molar-refractivity contribution < 1.29 is 0 Å². The third-order valence-electron chi connectivity index (χ3n) is 7.31. The molecule has 0 radical (unpaired) electrons. The van der Waals surface area contributed by atoms with Crippen LogP contribution < -0.4 is 10.6 Å². The van der Waals surface area contributed by atoms with Gasteiger partial charge in [-0.05, 0) is 83.9 Å². The zero-order chi connectivity index (χ0) is 26.2. The maximum Gasteiger partial charge on any atom is 0.0542 e. The van der Waals surface area contributed by atoms with Crippen LogP contribution >= 0.6 is 0 Å². The first-order chi connectivity index (χ1) is 19.3. The molecule has 6 aromatic carbocycles. The second-order valence-corrected chi connectivity index (χ2v) is 9.73. The normalized spacial score (nSPS) is 11.2. The quantitative estimate of drug-likeness (QED) is 0.238. The molecule has 0 aliphatic carbocycles. The fraction of sp³-hybridized carbons (Fsp3) is 0. The van der Waals surface area contributed by atoms with Gasteiger partial charge in [-0.1, -0.05) is 78.9 Å². The van der Waals surface area contributed by atoms with Gasteiger partial charge in [-0.25, -0.2) is 0 Å². The Bertz CT molecular complexity index is 1890. The minimum Gasteiger partial charge on any atom is -0.399 e. The van der Waals surface area contributed by atoms with E-state index in [1.165, 1.54) is 32.9 Å². The summed E-state index contributed by atoms with van der Waals surface area (Å²) in [4.78, 5) is 2.29. The van der Waals surface area contributed by atoms with Gasteiger partial charge in [0.05, 0.1) is 11.0 Å². The van der Waals surface area contributed by atoms with Crippen LogP contribution in [0.5, 0.6) is 0 Å². The molecule has 0 aliphatic rings.